The summed E-state index contributed by atoms with van der Waals surface area (Å²) in [7, 11) is 0. The van der Waals surface area contributed by atoms with Crippen LogP contribution in [0.15, 0.2) is 29.3 Å². The van der Waals surface area contributed by atoms with Gasteiger partial charge < -0.3 is 19.7 Å². The number of guanidine groups is 1. The molecule has 1 fully saturated rings. The van der Waals surface area contributed by atoms with Gasteiger partial charge in [-0.1, -0.05) is 19.1 Å². The van der Waals surface area contributed by atoms with Gasteiger partial charge in [0.1, 0.15) is 5.75 Å². The molecule has 164 valence electrons. The molecule has 1 aromatic carbocycles. The number of nitrogens with zero attached hydrogens (tertiary/aromatic N) is 2. The quantitative estimate of drug-likeness (QED) is 0.233. The highest BCUT2D eigenvalue weighted by Gasteiger charge is 2.27. The van der Waals surface area contributed by atoms with Crippen molar-refractivity contribution in [2.24, 2.45) is 10.9 Å². The Bertz CT molecular complexity index is 631. The van der Waals surface area contributed by atoms with Gasteiger partial charge in [-0.15, -0.1) is 24.0 Å². The van der Waals surface area contributed by atoms with E-state index in [1.54, 1.807) is 0 Å². The molecule has 1 aliphatic rings. The first-order valence-electron chi connectivity index (χ1n) is 10.6. The van der Waals surface area contributed by atoms with E-state index >= 15 is 0 Å². The van der Waals surface area contributed by atoms with Gasteiger partial charge in [0.05, 0.1) is 19.1 Å². The van der Waals surface area contributed by atoms with E-state index in [2.05, 4.69) is 36.2 Å². The third-order valence-corrected chi connectivity index (χ3v) is 4.78. The molecule has 0 aliphatic carbocycles. The predicted molar refractivity (Wildman–Crippen MR) is 128 cm³/mol. The zero-order valence-corrected chi connectivity index (χ0v) is 20.3. The predicted octanol–water partition coefficient (Wildman–Crippen LogP) is 3.88. The number of halogens is 1. The molecule has 0 aromatic heterocycles. The average Bonchev–Trinajstić information content (AvgIpc) is 2.72. The molecular weight excluding hydrogens is 481 g/mol. The number of likely N-dealkylation sites (tertiary alicyclic amines) is 1. The van der Waals surface area contributed by atoms with Crippen molar-refractivity contribution in [1.82, 2.24) is 10.2 Å². The molecule has 0 unspecified atom stereocenters. The molecule has 1 N–H and O–H groups in total. The number of piperidine rings is 1. The summed E-state index contributed by atoms with van der Waals surface area (Å²) >= 11 is 0. The number of carbonyl (C=O) groups excluding carboxylic acids is 1. The first-order chi connectivity index (χ1) is 13.7. The number of ether oxygens (including phenoxy) is 2. The zero-order valence-electron chi connectivity index (χ0n) is 18.0. The number of carbonyl (C=O) groups is 1. The third-order valence-electron chi connectivity index (χ3n) is 4.78. The molecule has 1 aliphatic heterocycles. The summed E-state index contributed by atoms with van der Waals surface area (Å²) in [6, 6.07) is 8.25. The highest BCUT2D eigenvalue weighted by atomic mass is 127. The van der Waals surface area contributed by atoms with E-state index in [0.29, 0.717) is 6.61 Å². The Morgan fingerprint density at radius 2 is 2.00 bits per heavy atom. The van der Waals surface area contributed by atoms with Gasteiger partial charge in [0.2, 0.25) is 0 Å². The Kier molecular flexibility index (Phi) is 12.7. The topological polar surface area (TPSA) is 63.2 Å². The number of rotatable bonds is 9. The van der Waals surface area contributed by atoms with E-state index < -0.39 is 0 Å². The molecule has 1 heterocycles. The average molecular weight is 517 g/mol. The molecule has 1 aromatic rings. The molecular formula is C22H36IN3O3. The Balaban J connectivity index is 0.00000420. The van der Waals surface area contributed by atoms with Crippen molar-refractivity contribution in [2.45, 2.75) is 46.5 Å². The molecule has 1 saturated heterocycles. The highest BCUT2D eigenvalue weighted by Crippen LogP contribution is 2.19. The molecule has 6 nitrogen and oxygen atoms in total. The smallest absolute Gasteiger partial charge is 0.309 e. The van der Waals surface area contributed by atoms with Gasteiger partial charge in [0, 0.05) is 26.2 Å². The molecule has 0 spiro atoms. The van der Waals surface area contributed by atoms with Crippen LogP contribution in [0.2, 0.25) is 0 Å². The van der Waals surface area contributed by atoms with Gasteiger partial charge >= 0.3 is 5.97 Å². The summed E-state index contributed by atoms with van der Waals surface area (Å²) < 4.78 is 10.9. The summed E-state index contributed by atoms with van der Waals surface area (Å²) in [6.45, 7) is 10.4. The number of benzene rings is 1. The van der Waals surface area contributed by atoms with Crippen LogP contribution in [0.25, 0.3) is 0 Å². The second-order valence-corrected chi connectivity index (χ2v) is 6.99. The minimum absolute atomic E-state index is 0. The highest BCUT2D eigenvalue weighted by molar-refractivity contribution is 14.0. The van der Waals surface area contributed by atoms with Crippen molar-refractivity contribution < 1.29 is 14.3 Å². The number of nitrogens with one attached hydrogen (secondary N) is 1. The van der Waals surface area contributed by atoms with E-state index in [1.165, 1.54) is 5.56 Å². The summed E-state index contributed by atoms with van der Waals surface area (Å²) in [6.07, 6.45) is 3.52. The van der Waals surface area contributed by atoms with Crippen molar-refractivity contribution in [1.29, 1.82) is 0 Å². The van der Waals surface area contributed by atoms with Crippen molar-refractivity contribution >= 4 is 35.9 Å². The van der Waals surface area contributed by atoms with Crippen LogP contribution in [-0.2, 0) is 16.0 Å². The van der Waals surface area contributed by atoms with Gasteiger partial charge in [0.15, 0.2) is 5.96 Å². The maximum absolute atomic E-state index is 11.9. The van der Waals surface area contributed by atoms with Crippen LogP contribution in [0, 0.1) is 5.92 Å². The normalized spacial score (nSPS) is 14.9. The lowest BCUT2D eigenvalue weighted by Gasteiger charge is -2.33. The van der Waals surface area contributed by atoms with E-state index in [-0.39, 0.29) is 35.9 Å². The van der Waals surface area contributed by atoms with Crippen LogP contribution in [-0.4, -0.2) is 56.2 Å². The van der Waals surface area contributed by atoms with E-state index in [0.717, 1.165) is 70.2 Å². The van der Waals surface area contributed by atoms with E-state index in [9.17, 15) is 4.79 Å². The maximum Gasteiger partial charge on any atom is 0.309 e. The Morgan fingerprint density at radius 1 is 1.24 bits per heavy atom. The maximum atomic E-state index is 11.9. The summed E-state index contributed by atoms with van der Waals surface area (Å²) in [5.74, 6) is 1.82. The lowest BCUT2D eigenvalue weighted by molar-refractivity contribution is -0.149. The van der Waals surface area contributed by atoms with Gasteiger partial charge in [-0.25, -0.2) is 0 Å². The van der Waals surface area contributed by atoms with Crippen LogP contribution < -0.4 is 10.1 Å². The van der Waals surface area contributed by atoms with Gasteiger partial charge in [-0.2, -0.15) is 0 Å². The minimum atomic E-state index is -0.0609. The van der Waals surface area contributed by atoms with Crippen LogP contribution >= 0.6 is 24.0 Å². The molecule has 29 heavy (non-hydrogen) atoms. The molecule has 0 atom stereocenters. The van der Waals surface area contributed by atoms with E-state index in [1.807, 2.05) is 19.1 Å². The monoisotopic (exact) mass is 517 g/mol. The fraction of sp³-hybridized carbons (Fsp3) is 0.636. The molecule has 2 rings (SSSR count). The minimum Gasteiger partial charge on any atom is -0.494 e. The second kappa shape index (κ2) is 14.5. The summed E-state index contributed by atoms with van der Waals surface area (Å²) in [4.78, 5) is 19.0. The van der Waals surface area contributed by atoms with Crippen molar-refractivity contribution in [2.75, 3.05) is 39.4 Å². The Labute approximate surface area is 192 Å². The number of hydrogen-bond acceptors (Lipinski definition) is 4. The standard InChI is InChI=1S/C22H35N3O3.HI/c1-4-16-28-20-9-7-8-18(17-20)10-13-24-22(23-5-2)25-14-11-19(12-15-25)21(26)27-6-3;/h7-9,17,19H,4-6,10-16H2,1-3H3,(H,23,24);1H. The van der Waals surface area contributed by atoms with E-state index in [4.69, 9.17) is 14.5 Å². The summed E-state index contributed by atoms with van der Waals surface area (Å²) in [5.41, 5.74) is 1.23. The lowest BCUT2D eigenvalue weighted by Crippen LogP contribution is -2.46. The van der Waals surface area contributed by atoms with Gasteiger partial charge in [-0.3, -0.25) is 9.79 Å². The summed E-state index contributed by atoms with van der Waals surface area (Å²) in [5, 5.41) is 3.38. The van der Waals surface area contributed by atoms with Crippen molar-refractivity contribution in [3.8, 4) is 5.75 Å². The number of hydrogen-bond donors (Lipinski definition) is 1. The van der Waals surface area contributed by atoms with Crippen molar-refractivity contribution in [3.63, 3.8) is 0 Å². The van der Waals surface area contributed by atoms with Gasteiger partial charge in [-0.05, 0) is 57.2 Å². The molecule has 0 saturated carbocycles. The van der Waals surface area contributed by atoms with Crippen LogP contribution in [0.3, 0.4) is 0 Å². The van der Waals surface area contributed by atoms with Crippen molar-refractivity contribution in [3.05, 3.63) is 29.8 Å². The molecule has 7 heteroatoms. The zero-order chi connectivity index (χ0) is 20.2. The first-order valence-corrected chi connectivity index (χ1v) is 10.6. The first kappa shape index (κ1) is 25.5. The SMILES string of the molecule is CCCOc1cccc(CCN=C(NCC)N2CCC(C(=O)OCC)CC2)c1.I. The number of aliphatic imine (C=N–C) groups is 1. The molecule has 0 amide bonds. The number of esters is 1. The Hall–Kier alpha value is -1.51. The fourth-order valence-electron chi connectivity index (χ4n) is 3.31. The third kappa shape index (κ3) is 8.80. The van der Waals surface area contributed by atoms with Crippen LogP contribution in [0.5, 0.6) is 5.75 Å². The lowest BCUT2D eigenvalue weighted by atomic mass is 9.97. The molecule has 0 radical (unpaired) electrons. The molecule has 0 bridgehead atoms. The largest absolute Gasteiger partial charge is 0.494 e. The van der Waals surface area contributed by atoms with Crippen LogP contribution in [0.4, 0.5) is 0 Å². The van der Waals surface area contributed by atoms with Gasteiger partial charge in [0.25, 0.3) is 0 Å². The fourth-order valence-corrected chi connectivity index (χ4v) is 3.31. The second-order valence-electron chi connectivity index (χ2n) is 6.99. The van der Waals surface area contributed by atoms with Crippen LogP contribution in [0.1, 0.15) is 45.6 Å². The Morgan fingerprint density at radius 3 is 2.66 bits per heavy atom.